The Labute approximate surface area is 155 Å². The summed E-state index contributed by atoms with van der Waals surface area (Å²) in [4.78, 5) is 11.9. The van der Waals surface area contributed by atoms with Crippen molar-refractivity contribution in [1.29, 1.82) is 0 Å². The van der Waals surface area contributed by atoms with Gasteiger partial charge in [-0.05, 0) is 30.8 Å². The van der Waals surface area contributed by atoms with Crippen LogP contribution < -0.4 is 15.4 Å². The molecule has 0 fully saturated rings. The molecule has 5 heteroatoms. The fourth-order valence-corrected chi connectivity index (χ4v) is 2.87. The number of benzene rings is 2. The molecule has 2 N–H and O–H groups in total. The van der Waals surface area contributed by atoms with Crippen LogP contribution in [0.1, 0.15) is 19.3 Å². The predicted molar refractivity (Wildman–Crippen MR) is 105 cm³/mol. The summed E-state index contributed by atoms with van der Waals surface area (Å²) in [6, 6.07) is 14.2. The maximum Gasteiger partial charge on any atom is 0.220 e. The number of amides is 1. The zero-order valence-electron chi connectivity index (χ0n) is 14.3. The van der Waals surface area contributed by atoms with Gasteiger partial charge in [0.05, 0.1) is 6.61 Å². The molecule has 0 atom stereocenters. The molecule has 0 aromatic heterocycles. The average Bonchev–Trinajstić information content (AvgIpc) is 2.64. The van der Waals surface area contributed by atoms with Crippen LogP contribution in [-0.2, 0) is 4.79 Å². The van der Waals surface area contributed by atoms with E-state index in [-0.39, 0.29) is 18.3 Å². The summed E-state index contributed by atoms with van der Waals surface area (Å²) in [6.45, 7) is 3.13. The van der Waals surface area contributed by atoms with Crippen molar-refractivity contribution < 1.29 is 9.53 Å². The van der Waals surface area contributed by atoms with Crippen molar-refractivity contribution >= 4 is 29.1 Å². The Morgan fingerprint density at radius 1 is 1.16 bits per heavy atom. The Morgan fingerprint density at radius 2 is 2.00 bits per heavy atom. The number of carbonyl (C=O) groups excluding carboxylic acids is 1. The lowest BCUT2D eigenvalue weighted by atomic mass is 10.1. The zero-order valence-corrected chi connectivity index (χ0v) is 15.1. The molecule has 4 nitrogen and oxygen atoms in total. The number of rotatable bonds is 7. The van der Waals surface area contributed by atoms with E-state index in [1.807, 2.05) is 24.3 Å². The predicted octanol–water partition coefficient (Wildman–Crippen LogP) is 3.46. The van der Waals surface area contributed by atoms with Gasteiger partial charge in [0.15, 0.2) is 0 Å². The Bertz CT molecular complexity index is 725. The van der Waals surface area contributed by atoms with Crippen molar-refractivity contribution in [1.82, 2.24) is 10.6 Å². The Kier molecular flexibility index (Phi) is 7.76. The highest BCUT2D eigenvalue weighted by Gasteiger charge is 2.06. The maximum atomic E-state index is 11.9. The molecule has 0 radical (unpaired) electrons. The fraction of sp³-hybridized carbons (Fsp3) is 0.350. The van der Waals surface area contributed by atoms with Crippen molar-refractivity contribution in [2.24, 2.45) is 0 Å². The molecule has 0 saturated heterocycles. The zero-order chi connectivity index (χ0) is 16.6. The monoisotopic (exact) mass is 360 g/mol. The molecule has 0 bridgehead atoms. The third-order valence-corrected chi connectivity index (χ3v) is 4.23. The number of carbonyl (C=O) groups is 1. The lowest BCUT2D eigenvalue weighted by Crippen LogP contribution is -2.29. The molecule has 3 rings (SSSR count). The van der Waals surface area contributed by atoms with Crippen molar-refractivity contribution in [2.45, 2.75) is 19.3 Å². The van der Waals surface area contributed by atoms with E-state index < -0.39 is 0 Å². The van der Waals surface area contributed by atoms with Gasteiger partial charge in [-0.1, -0.05) is 48.0 Å². The van der Waals surface area contributed by atoms with Crippen LogP contribution in [0, 0.1) is 0 Å². The SMILES string of the molecule is Cl.O=C(CCCOc1cccc2ccccc12)NCC1=CCNCC1. The molecule has 1 aliphatic rings. The van der Waals surface area contributed by atoms with Crippen molar-refractivity contribution in [3.05, 3.63) is 54.1 Å². The van der Waals surface area contributed by atoms with Crippen LogP contribution in [0.3, 0.4) is 0 Å². The van der Waals surface area contributed by atoms with Gasteiger partial charge in [0.25, 0.3) is 0 Å². The molecule has 25 heavy (non-hydrogen) atoms. The molecular formula is C20H25ClN2O2. The van der Waals surface area contributed by atoms with Gasteiger partial charge in [-0.3, -0.25) is 4.79 Å². The van der Waals surface area contributed by atoms with Crippen LogP contribution >= 0.6 is 12.4 Å². The second-order valence-electron chi connectivity index (χ2n) is 6.02. The van der Waals surface area contributed by atoms with Gasteiger partial charge in [0.1, 0.15) is 5.75 Å². The van der Waals surface area contributed by atoms with E-state index in [1.54, 1.807) is 0 Å². The number of fused-ring (bicyclic) bond motifs is 1. The second-order valence-corrected chi connectivity index (χ2v) is 6.02. The number of halogens is 1. The minimum absolute atomic E-state index is 0. The average molecular weight is 361 g/mol. The smallest absolute Gasteiger partial charge is 0.220 e. The maximum absolute atomic E-state index is 11.9. The Morgan fingerprint density at radius 3 is 2.84 bits per heavy atom. The molecule has 134 valence electrons. The van der Waals surface area contributed by atoms with E-state index in [2.05, 4.69) is 34.9 Å². The van der Waals surface area contributed by atoms with E-state index in [4.69, 9.17) is 4.74 Å². The van der Waals surface area contributed by atoms with Gasteiger partial charge >= 0.3 is 0 Å². The lowest BCUT2D eigenvalue weighted by Gasteiger charge is -2.14. The van der Waals surface area contributed by atoms with E-state index >= 15 is 0 Å². The van der Waals surface area contributed by atoms with Gasteiger partial charge in [-0.25, -0.2) is 0 Å². The van der Waals surface area contributed by atoms with E-state index in [9.17, 15) is 4.79 Å². The van der Waals surface area contributed by atoms with Crippen LogP contribution in [0.25, 0.3) is 10.8 Å². The molecule has 0 spiro atoms. The van der Waals surface area contributed by atoms with Crippen LogP contribution in [0.15, 0.2) is 54.1 Å². The van der Waals surface area contributed by atoms with Gasteiger partial charge in [-0.2, -0.15) is 0 Å². The molecule has 0 saturated carbocycles. The molecular weight excluding hydrogens is 336 g/mol. The van der Waals surface area contributed by atoms with Gasteiger partial charge in [0, 0.05) is 24.9 Å². The molecule has 0 aliphatic carbocycles. The van der Waals surface area contributed by atoms with Crippen LogP contribution in [-0.4, -0.2) is 32.1 Å². The molecule has 1 amide bonds. The normalized spacial score (nSPS) is 13.7. The Balaban J connectivity index is 0.00000225. The third kappa shape index (κ3) is 5.76. The van der Waals surface area contributed by atoms with E-state index in [0.29, 0.717) is 19.6 Å². The van der Waals surface area contributed by atoms with Crippen molar-refractivity contribution in [3.63, 3.8) is 0 Å². The first-order chi connectivity index (χ1) is 11.8. The standard InChI is InChI=1S/C20H24N2O2.ClH/c23-20(22-15-16-10-12-21-13-11-16)9-4-14-24-19-8-3-6-17-5-1-2-7-18(17)19;/h1-3,5-8,10,21H,4,9,11-15H2,(H,22,23);1H. The van der Waals surface area contributed by atoms with Gasteiger partial charge < -0.3 is 15.4 Å². The summed E-state index contributed by atoms with van der Waals surface area (Å²) in [5.41, 5.74) is 1.31. The van der Waals surface area contributed by atoms with Gasteiger partial charge in [0.2, 0.25) is 5.91 Å². The minimum atomic E-state index is 0. The summed E-state index contributed by atoms with van der Waals surface area (Å²) < 4.78 is 5.86. The van der Waals surface area contributed by atoms with E-state index in [0.717, 1.165) is 37.1 Å². The molecule has 2 aromatic carbocycles. The number of hydrogen-bond donors (Lipinski definition) is 2. The highest BCUT2D eigenvalue weighted by molar-refractivity contribution is 5.88. The van der Waals surface area contributed by atoms with Crippen LogP contribution in [0.2, 0.25) is 0 Å². The molecule has 0 unspecified atom stereocenters. The summed E-state index contributed by atoms with van der Waals surface area (Å²) in [5, 5.41) is 8.54. The third-order valence-electron chi connectivity index (χ3n) is 4.23. The molecule has 1 heterocycles. The highest BCUT2D eigenvalue weighted by Crippen LogP contribution is 2.25. The van der Waals surface area contributed by atoms with Crippen molar-refractivity contribution in [3.8, 4) is 5.75 Å². The largest absolute Gasteiger partial charge is 0.493 e. The summed E-state index contributed by atoms with van der Waals surface area (Å²) >= 11 is 0. The molecule has 2 aromatic rings. The molecule has 1 aliphatic heterocycles. The second kappa shape index (κ2) is 10.1. The lowest BCUT2D eigenvalue weighted by molar-refractivity contribution is -0.121. The minimum Gasteiger partial charge on any atom is -0.493 e. The van der Waals surface area contributed by atoms with Crippen LogP contribution in [0.4, 0.5) is 0 Å². The summed E-state index contributed by atoms with van der Waals surface area (Å²) in [7, 11) is 0. The topological polar surface area (TPSA) is 50.4 Å². The quantitative estimate of drug-likeness (QED) is 0.587. The first-order valence-electron chi connectivity index (χ1n) is 8.59. The fourth-order valence-electron chi connectivity index (χ4n) is 2.87. The van der Waals surface area contributed by atoms with Gasteiger partial charge in [-0.15, -0.1) is 12.4 Å². The number of nitrogens with one attached hydrogen (secondary N) is 2. The number of hydrogen-bond acceptors (Lipinski definition) is 3. The summed E-state index contributed by atoms with van der Waals surface area (Å²) in [6.07, 6.45) is 4.39. The van der Waals surface area contributed by atoms with Crippen molar-refractivity contribution in [2.75, 3.05) is 26.2 Å². The first-order valence-corrected chi connectivity index (χ1v) is 8.59. The van der Waals surface area contributed by atoms with E-state index in [1.165, 1.54) is 11.0 Å². The van der Waals surface area contributed by atoms with Crippen LogP contribution in [0.5, 0.6) is 5.75 Å². The number of ether oxygens (including phenoxy) is 1. The highest BCUT2D eigenvalue weighted by atomic mass is 35.5. The first kappa shape index (κ1) is 19.3. The Hall–Kier alpha value is -2.04. The summed E-state index contributed by atoms with van der Waals surface area (Å²) in [5.74, 6) is 0.976.